The molecular weight excluding hydrogens is 478 g/mol. The van der Waals surface area contributed by atoms with E-state index >= 15 is 0 Å². The van der Waals surface area contributed by atoms with E-state index in [-0.39, 0.29) is 29.4 Å². The first-order valence-corrected chi connectivity index (χ1v) is 13.3. The van der Waals surface area contributed by atoms with Crippen molar-refractivity contribution in [3.8, 4) is 10.4 Å². The lowest BCUT2D eigenvalue weighted by molar-refractivity contribution is -0.119. The fourth-order valence-electron chi connectivity index (χ4n) is 3.12. The molecule has 1 aromatic heterocycles. The van der Waals surface area contributed by atoms with E-state index < -0.39 is 9.84 Å². The molecule has 0 radical (unpaired) electrons. The summed E-state index contributed by atoms with van der Waals surface area (Å²) < 4.78 is 23.9. The maximum Gasteiger partial charge on any atom is 0.225 e. The molecule has 0 saturated carbocycles. The van der Waals surface area contributed by atoms with Gasteiger partial charge in [-0.25, -0.2) is 8.42 Å². The molecule has 0 aliphatic heterocycles. The van der Waals surface area contributed by atoms with Crippen molar-refractivity contribution in [2.24, 2.45) is 4.99 Å². The Morgan fingerprint density at radius 1 is 1.09 bits per heavy atom. The second kappa shape index (κ2) is 10.9. The molecular formula is C24H24ClN3O3S2. The fraction of sp³-hybridized carbons (Fsp3) is 0.208. The van der Waals surface area contributed by atoms with Gasteiger partial charge in [0.2, 0.25) is 5.91 Å². The Labute approximate surface area is 202 Å². The summed E-state index contributed by atoms with van der Waals surface area (Å²) in [5, 5.41) is 11.5. The van der Waals surface area contributed by atoms with Crippen molar-refractivity contribution in [1.29, 1.82) is 5.41 Å². The van der Waals surface area contributed by atoms with E-state index in [1.54, 1.807) is 30.3 Å². The molecule has 2 N–H and O–H groups in total. The number of halogens is 1. The maximum atomic E-state index is 11.9. The summed E-state index contributed by atoms with van der Waals surface area (Å²) in [5.41, 5.74) is 2.21. The number of thiophene rings is 1. The number of amides is 1. The van der Waals surface area contributed by atoms with E-state index in [1.165, 1.54) is 17.6 Å². The Balaban J connectivity index is 1.97. The van der Waals surface area contributed by atoms with Crippen molar-refractivity contribution >= 4 is 55.8 Å². The van der Waals surface area contributed by atoms with Crippen LogP contribution in [0.15, 0.2) is 70.6 Å². The normalized spacial score (nSPS) is 11.9. The molecule has 0 bridgehead atoms. The molecule has 2 aromatic carbocycles. The third-order valence-electron chi connectivity index (χ3n) is 4.67. The number of para-hydroxylation sites is 1. The summed E-state index contributed by atoms with van der Waals surface area (Å²) in [6, 6.07) is 17.8. The van der Waals surface area contributed by atoms with Crippen molar-refractivity contribution in [2.45, 2.75) is 24.7 Å². The highest BCUT2D eigenvalue weighted by Crippen LogP contribution is 2.32. The van der Waals surface area contributed by atoms with Crippen molar-refractivity contribution in [1.82, 2.24) is 5.32 Å². The number of carbonyl (C=O) groups excluding carboxylic acids is 1. The van der Waals surface area contributed by atoms with Gasteiger partial charge in [0.25, 0.3) is 0 Å². The van der Waals surface area contributed by atoms with Gasteiger partial charge >= 0.3 is 0 Å². The van der Waals surface area contributed by atoms with E-state index in [9.17, 15) is 13.2 Å². The van der Waals surface area contributed by atoms with Crippen LogP contribution in [-0.4, -0.2) is 38.5 Å². The van der Waals surface area contributed by atoms with E-state index in [1.807, 2.05) is 37.3 Å². The van der Waals surface area contributed by atoms with Crippen LogP contribution in [0, 0.1) is 5.41 Å². The second-order valence-corrected chi connectivity index (χ2v) is 10.9. The lowest BCUT2D eigenvalue weighted by Gasteiger charge is -2.08. The van der Waals surface area contributed by atoms with Gasteiger partial charge in [-0.05, 0) is 48.9 Å². The van der Waals surface area contributed by atoms with Crippen LogP contribution in [0.5, 0.6) is 0 Å². The Morgan fingerprint density at radius 3 is 2.55 bits per heavy atom. The number of hydrogen-bond acceptors (Lipinski definition) is 6. The van der Waals surface area contributed by atoms with Gasteiger partial charge in [0.1, 0.15) is 0 Å². The summed E-state index contributed by atoms with van der Waals surface area (Å²) >= 11 is 7.74. The van der Waals surface area contributed by atoms with Gasteiger partial charge in [0, 0.05) is 34.7 Å². The first-order valence-electron chi connectivity index (χ1n) is 10.2. The van der Waals surface area contributed by atoms with Crippen LogP contribution in [0.25, 0.3) is 10.4 Å². The molecule has 9 heteroatoms. The van der Waals surface area contributed by atoms with Gasteiger partial charge in [0.15, 0.2) is 9.84 Å². The summed E-state index contributed by atoms with van der Waals surface area (Å²) in [6.07, 6.45) is 1.36. The highest BCUT2D eigenvalue weighted by molar-refractivity contribution is 7.90. The minimum Gasteiger partial charge on any atom is -0.356 e. The predicted molar refractivity (Wildman–Crippen MR) is 136 cm³/mol. The summed E-state index contributed by atoms with van der Waals surface area (Å²) in [6.45, 7) is 2.34. The highest BCUT2D eigenvalue weighted by Gasteiger charge is 2.15. The van der Waals surface area contributed by atoms with Gasteiger partial charge in [-0.3, -0.25) is 9.79 Å². The molecule has 6 nitrogen and oxygen atoms in total. The second-order valence-electron chi connectivity index (χ2n) is 7.38. The van der Waals surface area contributed by atoms with Crippen molar-refractivity contribution in [3.63, 3.8) is 0 Å². The zero-order valence-electron chi connectivity index (χ0n) is 18.3. The number of sulfone groups is 1. The first kappa shape index (κ1) is 24.8. The van der Waals surface area contributed by atoms with Gasteiger partial charge < -0.3 is 10.7 Å². The zero-order chi connectivity index (χ0) is 24.0. The topological polar surface area (TPSA) is 99.4 Å². The smallest absolute Gasteiger partial charge is 0.225 e. The van der Waals surface area contributed by atoms with Gasteiger partial charge in [0.05, 0.1) is 27.7 Å². The van der Waals surface area contributed by atoms with Crippen LogP contribution >= 0.6 is 22.9 Å². The number of rotatable bonds is 9. The molecule has 0 fully saturated rings. The molecule has 0 saturated heterocycles. The largest absolute Gasteiger partial charge is 0.356 e. The van der Waals surface area contributed by atoms with Crippen molar-refractivity contribution in [3.05, 3.63) is 70.6 Å². The average Bonchev–Trinajstić information content (AvgIpc) is 3.25. The number of benzene rings is 2. The number of aliphatic imine (C=N–C) groups is 1. The van der Waals surface area contributed by atoms with Crippen LogP contribution in [0.3, 0.4) is 0 Å². The molecule has 33 heavy (non-hydrogen) atoms. The minimum atomic E-state index is -3.32. The third kappa shape index (κ3) is 6.83. The summed E-state index contributed by atoms with van der Waals surface area (Å²) in [7, 11) is -3.32. The van der Waals surface area contributed by atoms with E-state index in [4.69, 9.17) is 22.0 Å². The number of nitrogens with one attached hydrogen (secondary N) is 2. The van der Waals surface area contributed by atoms with Crippen LogP contribution in [0.4, 0.5) is 5.69 Å². The van der Waals surface area contributed by atoms with Gasteiger partial charge in [-0.15, -0.1) is 11.3 Å². The molecule has 1 amide bonds. The average molecular weight is 502 g/mol. The fourth-order valence-corrected chi connectivity index (χ4v) is 4.95. The van der Waals surface area contributed by atoms with Gasteiger partial charge in [-0.1, -0.05) is 35.9 Å². The predicted octanol–water partition coefficient (Wildman–Crippen LogP) is 5.53. The SMILES string of the molecule is CCNC(=O)CC(=N)CC(=Nc1ccccc1Cl)c1ccc(-c2cccc(S(C)(=O)=O)c2)s1. The highest BCUT2D eigenvalue weighted by atomic mass is 35.5. The van der Waals surface area contributed by atoms with Crippen LogP contribution in [0.1, 0.15) is 24.6 Å². The summed E-state index contributed by atoms with van der Waals surface area (Å²) in [4.78, 5) is 18.6. The lowest BCUT2D eigenvalue weighted by atomic mass is 10.1. The molecule has 0 spiro atoms. The Hall–Kier alpha value is -2.81. The van der Waals surface area contributed by atoms with E-state index in [0.29, 0.717) is 23.0 Å². The van der Waals surface area contributed by atoms with Gasteiger partial charge in [-0.2, -0.15) is 0 Å². The molecule has 0 aliphatic carbocycles. The number of nitrogens with zero attached hydrogens (tertiary/aromatic N) is 1. The van der Waals surface area contributed by atoms with Crippen LogP contribution in [0.2, 0.25) is 5.02 Å². The Morgan fingerprint density at radius 2 is 1.85 bits per heavy atom. The van der Waals surface area contributed by atoms with Crippen molar-refractivity contribution < 1.29 is 13.2 Å². The Bertz CT molecular complexity index is 1310. The monoisotopic (exact) mass is 501 g/mol. The quantitative estimate of drug-likeness (QED) is 0.377. The minimum absolute atomic E-state index is 0.00990. The van der Waals surface area contributed by atoms with E-state index in [2.05, 4.69) is 5.32 Å². The maximum absolute atomic E-state index is 11.9. The standard InChI is InChI=1S/C24H24ClN3O3S2/c1-3-27-24(29)15-17(26)14-21(28-20-10-5-4-9-19(20)25)23-12-11-22(32-23)16-7-6-8-18(13-16)33(2,30)31/h4-13,26H,3,14-15H2,1-2H3,(H,27,29). The zero-order valence-corrected chi connectivity index (χ0v) is 20.7. The molecule has 1 heterocycles. The molecule has 3 aromatic rings. The molecule has 172 valence electrons. The molecule has 0 unspecified atom stereocenters. The van der Waals surface area contributed by atoms with Crippen LogP contribution < -0.4 is 5.32 Å². The van der Waals surface area contributed by atoms with E-state index in [0.717, 1.165) is 15.3 Å². The molecule has 0 aliphatic rings. The van der Waals surface area contributed by atoms with Crippen LogP contribution in [-0.2, 0) is 14.6 Å². The molecule has 0 atom stereocenters. The number of hydrogen-bond donors (Lipinski definition) is 2. The first-order chi connectivity index (χ1) is 15.7. The third-order valence-corrected chi connectivity index (χ3v) is 7.29. The number of carbonyl (C=O) groups is 1. The Kier molecular flexibility index (Phi) is 8.18. The lowest BCUT2D eigenvalue weighted by Crippen LogP contribution is -2.25. The summed E-state index contributed by atoms with van der Waals surface area (Å²) in [5.74, 6) is -0.205. The van der Waals surface area contributed by atoms with Crippen molar-refractivity contribution in [2.75, 3.05) is 12.8 Å². The molecule has 3 rings (SSSR count).